The van der Waals surface area contributed by atoms with Crippen molar-refractivity contribution in [2.24, 2.45) is 0 Å². The van der Waals surface area contributed by atoms with Crippen molar-refractivity contribution in [3.05, 3.63) is 77.8 Å². The number of carbonyl (C=O) groups excluding carboxylic acids is 1. The van der Waals surface area contributed by atoms with E-state index in [0.717, 1.165) is 17.7 Å². The van der Waals surface area contributed by atoms with Crippen molar-refractivity contribution in [1.82, 2.24) is 9.97 Å². The molecule has 0 bridgehead atoms. The number of nitrogens with zero attached hydrogens (tertiary/aromatic N) is 2. The highest BCUT2D eigenvalue weighted by Crippen LogP contribution is 2.18. The molecule has 0 atom stereocenters. The summed E-state index contributed by atoms with van der Waals surface area (Å²) >= 11 is 0. The van der Waals surface area contributed by atoms with E-state index in [2.05, 4.69) is 20.6 Å². The number of nitrogens with one attached hydrogen (secondary N) is 2. The molecule has 3 aromatic rings. The van der Waals surface area contributed by atoms with Crippen LogP contribution in [0.1, 0.15) is 16.1 Å². The normalized spacial score (nSPS) is 10.4. The molecule has 7 heteroatoms. The van der Waals surface area contributed by atoms with Crippen LogP contribution in [0.2, 0.25) is 0 Å². The molecule has 0 unspecified atom stereocenters. The smallest absolute Gasteiger partial charge is 0.275 e. The molecule has 2 aromatic carbocycles. The number of para-hydroxylation sites is 1. The number of halogens is 2. The van der Waals surface area contributed by atoms with Gasteiger partial charge in [-0.25, -0.2) is 18.7 Å². The number of amides is 1. The molecule has 0 aliphatic carbocycles. The van der Waals surface area contributed by atoms with Crippen LogP contribution in [0.25, 0.3) is 0 Å². The van der Waals surface area contributed by atoms with Crippen LogP contribution in [0.3, 0.4) is 0 Å². The van der Waals surface area contributed by atoms with Gasteiger partial charge in [0.25, 0.3) is 5.91 Å². The van der Waals surface area contributed by atoms with Crippen LogP contribution < -0.4 is 10.6 Å². The summed E-state index contributed by atoms with van der Waals surface area (Å²) in [6, 6.07) is 10.8. The zero-order valence-electron chi connectivity index (χ0n) is 13.3. The van der Waals surface area contributed by atoms with Crippen molar-refractivity contribution < 1.29 is 13.6 Å². The van der Waals surface area contributed by atoms with E-state index in [0.29, 0.717) is 17.2 Å². The fourth-order valence-corrected chi connectivity index (χ4v) is 2.13. The Morgan fingerprint density at radius 3 is 2.48 bits per heavy atom. The number of rotatable bonds is 4. The maximum atomic E-state index is 13.2. The Balaban J connectivity index is 1.70. The van der Waals surface area contributed by atoms with Gasteiger partial charge in [0.1, 0.15) is 11.5 Å². The largest absolute Gasteiger partial charge is 0.339 e. The zero-order chi connectivity index (χ0) is 17.8. The maximum Gasteiger partial charge on any atom is 0.275 e. The van der Waals surface area contributed by atoms with Gasteiger partial charge in [-0.2, -0.15) is 0 Å². The van der Waals surface area contributed by atoms with Crippen LogP contribution in [0.15, 0.2) is 54.9 Å². The second kappa shape index (κ2) is 7.04. The number of hydrogen-bond donors (Lipinski definition) is 2. The van der Waals surface area contributed by atoms with Crippen LogP contribution in [-0.4, -0.2) is 15.9 Å². The number of carbonyl (C=O) groups is 1. The van der Waals surface area contributed by atoms with Crippen LogP contribution in [-0.2, 0) is 0 Å². The Morgan fingerprint density at radius 1 is 1.00 bits per heavy atom. The highest BCUT2D eigenvalue weighted by Gasteiger charge is 2.10. The van der Waals surface area contributed by atoms with Gasteiger partial charge < -0.3 is 10.6 Å². The first kappa shape index (κ1) is 16.5. The summed E-state index contributed by atoms with van der Waals surface area (Å²) in [5.74, 6) is -1.98. The molecule has 25 heavy (non-hydrogen) atoms. The Kier molecular flexibility index (Phi) is 4.65. The predicted octanol–water partition coefficient (Wildman–Crippen LogP) is 4.06. The van der Waals surface area contributed by atoms with Gasteiger partial charge in [0.15, 0.2) is 11.6 Å². The highest BCUT2D eigenvalue weighted by atomic mass is 19.2. The number of aromatic nitrogens is 2. The minimum Gasteiger partial charge on any atom is -0.339 e. The molecule has 0 aliphatic heterocycles. The van der Waals surface area contributed by atoms with E-state index in [-0.39, 0.29) is 11.6 Å². The molecule has 1 amide bonds. The number of anilines is 3. The van der Waals surface area contributed by atoms with Gasteiger partial charge in [-0.15, -0.1) is 0 Å². The second-order valence-corrected chi connectivity index (χ2v) is 5.31. The summed E-state index contributed by atoms with van der Waals surface area (Å²) < 4.78 is 26.1. The van der Waals surface area contributed by atoms with E-state index in [4.69, 9.17) is 0 Å². The summed E-state index contributed by atoms with van der Waals surface area (Å²) in [7, 11) is 0. The Bertz CT molecular complexity index is 913. The van der Waals surface area contributed by atoms with Gasteiger partial charge in [0.05, 0.1) is 12.4 Å². The van der Waals surface area contributed by atoms with Crippen LogP contribution >= 0.6 is 0 Å². The molecular weight excluding hydrogens is 326 g/mol. The quantitative estimate of drug-likeness (QED) is 0.752. The second-order valence-electron chi connectivity index (χ2n) is 5.31. The summed E-state index contributed by atoms with van der Waals surface area (Å²) in [4.78, 5) is 20.3. The molecule has 0 aliphatic rings. The monoisotopic (exact) mass is 340 g/mol. The third-order valence-electron chi connectivity index (χ3n) is 3.47. The van der Waals surface area contributed by atoms with Gasteiger partial charge in [-0.3, -0.25) is 4.79 Å². The van der Waals surface area contributed by atoms with Crippen molar-refractivity contribution in [3.8, 4) is 0 Å². The topological polar surface area (TPSA) is 66.9 Å². The third kappa shape index (κ3) is 3.95. The van der Waals surface area contributed by atoms with Crippen molar-refractivity contribution in [2.45, 2.75) is 6.92 Å². The Hall–Kier alpha value is -3.35. The molecule has 2 N–H and O–H groups in total. The lowest BCUT2D eigenvalue weighted by atomic mass is 10.2. The van der Waals surface area contributed by atoms with E-state index in [1.165, 1.54) is 18.5 Å². The van der Waals surface area contributed by atoms with Gasteiger partial charge >= 0.3 is 0 Å². The molecule has 3 rings (SSSR count). The fourth-order valence-electron chi connectivity index (χ4n) is 2.13. The summed E-state index contributed by atoms with van der Waals surface area (Å²) in [6.45, 7) is 1.89. The van der Waals surface area contributed by atoms with E-state index >= 15 is 0 Å². The average molecular weight is 340 g/mol. The standard InChI is InChI=1S/C18H14F2N4O/c1-11-4-2-3-5-15(11)24-18(25)16-9-22-17(10-21-16)23-12-6-7-13(19)14(20)8-12/h2-10H,1H3,(H,22,23)(H,24,25). The average Bonchev–Trinajstić information content (AvgIpc) is 2.61. The van der Waals surface area contributed by atoms with E-state index < -0.39 is 11.6 Å². The highest BCUT2D eigenvalue weighted by molar-refractivity contribution is 6.03. The lowest BCUT2D eigenvalue weighted by Gasteiger charge is -2.08. The van der Waals surface area contributed by atoms with Crippen LogP contribution in [0, 0.1) is 18.6 Å². The molecule has 5 nitrogen and oxygen atoms in total. The molecule has 0 spiro atoms. The molecule has 0 radical (unpaired) electrons. The maximum absolute atomic E-state index is 13.2. The van der Waals surface area contributed by atoms with Crippen molar-refractivity contribution in [1.29, 1.82) is 0 Å². The molecular formula is C18H14F2N4O. The molecule has 1 heterocycles. The molecule has 0 saturated carbocycles. The summed E-state index contributed by atoms with van der Waals surface area (Å²) in [5.41, 5.74) is 2.09. The molecule has 0 saturated heterocycles. The summed E-state index contributed by atoms with van der Waals surface area (Å²) in [6.07, 6.45) is 2.64. The number of benzene rings is 2. The Labute approximate surface area is 142 Å². The number of hydrogen-bond acceptors (Lipinski definition) is 4. The number of aryl methyl sites for hydroxylation is 1. The van der Waals surface area contributed by atoms with Gasteiger partial charge in [-0.05, 0) is 30.7 Å². The minimum absolute atomic E-state index is 0.138. The molecule has 126 valence electrons. The SMILES string of the molecule is Cc1ccccc1NC(=O)c1cnc(Nc2ccc(F)c(F)c2)cn1. The molecule has 0 fully saturated rings. The van der Waals surface area contributed by atoms with Crippen molar-refractivity contribution >= 4 is 23.1 Å². The zero-order valence-corrected chi connectivity index (χ0v) is 13.3. The minimum atomic E-state index is -0.966. The van der Waals surface area contributed by atoms with Crippen LogP contribution in [0.4, 0.5) is 26.0 Å². The lowest BCUT2D eigenvalue weighted by molar-refractivity contribution is 0.102. The van der Waals surface area contributed by atoms with E-state index in [1.807, 2.05) is 25.1 Å². The third-order valence-corrected chi connectivity index (χ3v) is 3.47. The van der Waals surface area contributed by atoms with E-state index in [9.17, 15) is 13.6 Å². The lowest BCUT2D eigenvalue weighted by Crippen LogP contribution is -2.15. The first-order chi connectivity index (χ1) is 12.0. The van der Waals surface area contributed by atoms with Gasteiger partial charge in [0.2, 0.25) is 0 Å². The summed E-state index contributed by atoms with van der Waals surface area (Å²) in [5, 5.41) is 5.54. The first-order valence-electron chi connectivity index (χ1n) is 7.44. The van der Waals surface area contributed by atoms with Gasteiger partial charge in [-0.1, -0.05) is 18.2 Å². The first-order valence-corrected chi connectivity index (χ1v) is 7.44. The van der Waals surface area contributed by atoms with Gasteiger partial charge in [0, 0.05) is 17.4 Å². The van der Waals surface area contributed by atoms with Crippen molar-refractivity contribution in [2.75, 3.05) is 10.6 Å². The predicted molar refractivity (Wildman–Crippen MR) is 90.8 cm³/mol. The fraction of sp³-hybridized carbons (Fsp3) is 0.0556. The van der Waals surface area contributed by atoms with Crippen LogP contribution in [0.5, 0.6) is 0 Å². The van der Waals surface area contributed by atoms with E-state index in [1.54, 1.807) is 6.07 Å². The molecule has 1 aromatic heterocycles. The van der Waals surface area contributed by atoms with Crippen molar-refractivity contribution in [3.63, 3.8) is 0 Å². The Morgan fingerprint density at radius 2 is 1.80 bits per heavy atom.